The van der Waals surface area contributed by atoms with Crippen molar-refractivity contribution in [3.63, 3.8) is 0 Å². The summed E-state index contributed by atoms with van der Waals surface area (Å²) in [6.07, 6.45) is 4.97. The summed E-state index contributed by atoms with van der Waals surface area (Å²) in [7, 11) is 0. The van der Waals surface area contributed by atoms with E-state index in [1.807, 2.05) is 45.0 Å². The molecule has 3 aromatic rings. The lowest BCUT2D eigenvalue weighted by molar-refractivity contribution is 0.0205. The van der Waals surface area contributed by atoms with Crippen LogP contribution >= 0.6 is 0 Å². The quantitative estimate of drug-likeness (QED) is 0.614. The van der Waals surface area contributed by atoms with Gasteiger partial charge in [-0.25, -0.2) is 4.79 Å². The van der Waals surface area contributed by atoms with Crippen molar-refractivity contribution in [1.29, 1.82) is 0 Å². The minimum absolute atomic E-state index is 0.232. The average Bonchev–Trinajstić information content (AvgIpc) is 3.24. The second kappa shape index (κ2) is 8.26. The van der Waals surface area contributed by atoms with Crippen molar-refractivity contribution in [2.45, 2.75) is 45.1 Å². The molecule has 7 nitrogen and oxygen atoms in total. The van der Waals surface area contributed by atoms with Gasteiger partial charge in [0.1, 0.15) is 5.60 Å². The summed E-state index contributed by atoms with van der Waals surface area (Å²) in [6, 6.07) is 11.9. The third-order valence-corrected chi connectivity index (χ3v) is 5.12. The lowest BCUT2D eigenvalue weighted by Gasteiger charge is -2.33. The number of rotatable bonds is 3. The van der Waals surface area contributed by atoms with Gasteiger partial charge in [-0.05, 0) is 69.4 Å². The zero-order chi connectivity index (χ0) is 21.1. The molecule has 156 valence electrons. The fraction of sp³-hybridized carbons (Fsp3) is 0.391. The van der Waals surface area contributed by atoms with Crippen molar-refractivity contribution in [1.82, 2.24) is 20.0 Å². The van der Waals surface area contributed by atoms with Gasteiger partial charge in [-0.3, -0.25) is 4.98 Å². The Morgan fingerprint density at radius 1 is 1.10 bits per heavy atom. The first-order valence-corrected chi connectivity index (χ1v) is 10.2. The number of hydrogen-bond acceptors (Lipinski definition) is 6. The molecule has 0 saturated carbocycles. The molecule has 0 unspecified atom stereocenters. The van der Waals surface area contributed by atoms with E-state index >= 15 is 0 Å². The number of benzene rings is 1. The van der Waals surface area contributed by atoms with Crippen LogP contribution in [0.2, 0.25) is 0 Å². The lowest BCUT2D eigenvalue weighted by Crippen LogP contribution is -2.41. The molecule has 0 aliphatic carbocycles. The van der Waals surface area contributed by atoms with Crippen molar-refractivity contribution >= 4 is 6.09 Å². The number of amides is 1. The predicted octanol–water partition coefficient (Wildman–Crippen LogP) is 4.91. The molecule has 1 saturated heterocycles. The summed E-state index contributed by atoms with van der Waals surface area (Å²) < 4.78 is 11.0. The molecular weight excluding hydrogens is 380 g/mol. The third-order valence-electron chi connectivity index (χ3n) is 5.12. The second-order valence-corrected chi connectivity index (χ2v) is 8.53. The number of nitrogens with zero attached hydrogens (tertiary/aromatic N) is 4. The van der Waals surface area contributed by atoms with Gasteiger partial charge in [0, 0.05) is 36.6 Å². The largest absolute Gasteiger partial charge is 0.444 e. The highest BCUT2D eigenvalue weighted by Crippen LogP contribution is 2.31. The first-order valence-electron chi connectivity index (χ1n) is 10.2. The third kappa shape index (κ3) is 4.67. The highest BCUT2D eigenvalue weighted by molar-refractivity contribution is 5.68. The topological polar surface area (TPSA) is 81.4 Å². The van der Waals surface area contributed by atoms with E-state index in [1.165, 1.54) is 5.56 Å². The van der Waals surface area contributed by atoms with Crippen LogP contribution in [0.15, 0.2) is 53.3 Å². The molecule has 1 aromatic carbocycles. The van der Waals surface area contributed by atoms with Crippen LogP contribution in [0.4, 0.5) is 4.79 Å². The van der Waals surface area contributed by atoms with Gasteiger partial charge in [0.2, 0.25) is 5.82 Å². The molecule has 0 bridgehead atoms. The Morgan fingerprint density at radius 2 is 1.83 bits per heavy atom. The van der Waals surface area contributed by atoms with E-state index in [0.717, 1.165) is 24.0 Å². The predicted molar refractivity (Wildman–Crippen MR) is 113 cm³/mol. The Kier molecular flexibility index (Phi) is 5.53. The number of carbonyl (C=O) groups excluding carboxylic acids is 1. The molecule has 1 aliphatic heterocycles. The molecule has 0 N–H and O–H groups in total. The van der Waals surface area contributed by atoms with E-state index in [4.69, 9.17) is 9.26 Å². The Balaban J connectivity index is 1.44. The molecule has 0 atom stereocenters. The van der Waals surface area contributed by atoms with Crippen LogP contribution in [-0.4, -0.2) is 44.8 Å². The number of aromatic nitrogens is 3. The van der Waals surface area contributed by atoms with Crippen LogP contribution in [0.3, 0.4) is 0 Å². The van der Waals surface area contributed by atoms with E-state index in [2.05, 4.69) is 27.3 Å². The molecule has 4 rings (SSSR count). The molecule has 7 heteroatoms. The van der Waals surface area contributed by atoms with E-state index < -0.39 is 5.60 Å². The van der Waals surface area contributed by atoms with Crippen molar-refractivity contribution in [3.05, 3.63) is 54.4 Å². The smallest absolute Gasteiger partial charge is 0.410 e. The average molecular weight is 406 g/mol. The minimum atomic E-state index is -0.471. The fourth-order valence-corrected chi connectivity index (χ4v) is 3.61. The van der Waals surface area contributed by atoms with Gasteiger partial charge in [-0.15, -0.1) is 0 Å². The Hall–Kier alpha value is -3.22. The summed E-state index contributed by atoms with van der Waals surface area (Å²) in [4.78, 5) is 22.6. The molecular formula is C23H26N4O3. The molecule has 1 amide bonds. The normalized spacial score (nSPS) is 15.2. The summed E-state index contributed by atoms with van der Waals surface area (Å²) in [6.45, 7) is 7.05. The Labute approximate surface area is 176 Å². The fourth-order valence-electron chi connectivity index (χ4n) is 3.61. The number of pyridine rings is 1. The minimum Gasteiger partial charge on any atom is -0.444 e. The molecule has 1 aliphatic rings. The van der Waals surface area contributed by atoms with Gasteiger partial charge in [0.05, 0.1) is 0 Å². The maximum absolute atomic E-state index is 12.3. The van der Waals surface area contributed by atoms with Gasteiger partial charge in [0.15, 0.2) is 0 Å². The Morgan fingerprint density at radius 3 is 2.53 bits per heavy atom. The standard InChI is InChI=1S/C23H26N4O3/c1-23(2,3)29-22(28)27-13-9-16(10-14-27)18-5-4-6-19(15-18)21-25-20(26-30-21)17-7-11-24-12-8-17/h4-8,11-12,15-16H,9-10,13-14H2,1-3H3. The van der Waals surface area contributed by atoms with Crippen LogP contribution in [0.5, 0.6) is 0 Å². The maximum atomic E-state index is 12.3. The highest BCUT2D eigenvalue weighted by Gasteiger charge is 2.27. The van der Waals surface area contributed by atoms with Gasteiger partial charge < -0.3 is 14.2 Å². The number of piperidine rings is 1. The number of hydrogen-bond donors (Lipinski definition) is 0. The van der Waals surface area contributed by atoms with E-state index in [9.17, 15) is 4.79 Å². The van der Waals surface area contributed by atoms with E-state index in [1.54, 1.807) is 17.3 Å². The van der Waals surface area contributed by atoms with E-state index in [-0.39, 0.29) is 6.09 Å². The maximum Gasteiger partial charge on any atom is 0.410 e. The highest BCUT2D eigenvalue weighted by atomic mass is 16.6. The molecule has 0 radical (unpaired) electrons. The monoisotopic (exact) mass is 406 g/mol. The molecule has 2 aromatic heterocycles. The van der Waals surface area contributed by atoms with Crippen molar-refractivity contribution in [3.8, 4) is 22.8 Å². The SMILES string of the molecule is CC(C)(C)OC(=O)N1CCC(c2cccc(-c3nc(-c4ccncc4)no3)c2)CC1. The van der Waals surface area contributed by atoms with Crippen LogP contribution in [-0.2, 0) is 4.74 Å². The Bertz CT molecular complexity index is 1000. The molecule has 30 heavy (non-hydrogen) atoms. The number of carbonyl (C=O) groups is 1. The lowest BCUT2D eigenvalue weighted by atomic mass is 9.88. The molecule has 0 spiro atoms. The zero-order valence-corrected chi connectivity index (χ0v) is 17.5. The van der Waals surface area contributed by atoms with Gasteiger partial charge in [0.25, 0.3) is 5.89 Å². The van der Waals surface area contributed by atoms with Gasteiger partial charge in [-0.2, -0.15) is 4.98 Å². The first-order chi connectivity index (χ1) is 14.4. The van der Waals surface area contributed by atoms with Gasteiger partial charge in [-0.1, -0.05) is 17.3 Å². The zero-order valence-electron chi connectivity index (χ0n) is 17.5. The van der Waals surface area contributed by atoms with E-state index in [0.29, 0.717) is 30.7 Å². The van der Waals surface area contributed by atoms with Crippen molar-refractivity contribution in [2.75, 3.05) is 13.1 Å². The summed E-state index contributed by atoms with van der Waals surface area (Å²) in [5, 5.41) is 4.09. The summed E-state index contributed by atoms with van der Waals surface area (Å²) >= 11 is 0. The van der Waals surface area contributed by atoms with Gasteiger partial charge >= 0.3 is 6.09 Å². The molecule has 1 fully saturated rings. The summed E-state index contributed by atoms with van der Waals surface area (Å²) in [5.74, 6) is 1.42. The second-order valence-electron chi connectivity index (χ2n) is 8.53. The van der Waals surface area contributed by atoms with Crippen molar-refractivity contribution in [2.24, 2.45) is 0 Å². The van der Waals surface area contributed by atoms with Crippen molar-refractivity contribution < 1.29 is 14.1 Å². The van der Waals surface area contributed by atoms with Crippen LogP contribution in [0.25, 0.3) is 22.8 Å². The number of likely N-dealkylation sites (tertiary alicyclic amines) is 1. The van der Waals surface area contributed by atoms with Crippen LogP contribution in [0.1, 0.15) is 45.1 Å². The summed E-state index contributed by atoms with van der Waals surface area (Å²) in [5.41, 5.74) is 2.52. The molecule has 3 heterocycles. The number of ether oxygens (including phenoxy) is 1. The van der Waals surface area contributed by atoms with Crippen LogP contribution in [0, 0.1) is 0 Å². The van der Waals surface area contributed by atoms with Crippen LogP contribution < -0.4 is 0 Å². The first kappa shape index (κ1) is 20.1.